The van der Waals surface area contributed by atoms with Crippen molar-refractivity contribution in [3.8, 4) is 5.75 Å². The lowest BCUT2D eigenvalue weighted by molar-refractivity contribution is -0.138. The summed E-state index contributed by atoms with van der Waals surface area (Å²) in [6.45, 7) is 0. The summed E-state index contributed by atoms with van der Waals surface area (Å²) in [5, 5.41) is 23.6. The minimum absolute atomic E-state index is 0.0747. The molecule has 1 saturated heterocycles. The van der Waals surface area contributed by atoms with Crippen molar-refractivity contribution in [3.05, 3.63) is 29.8 Å². The highest BCUT2D eigenvalue weighted by Crippen LogP contribution is 2.28. The Balaban J connectivity index is 1.67. The monoisotopic (exact) mass is 447 g/mol. The van der Waals surface area contributed by atoms with Crippen molar-refractivity contribution < 1.29 is 34.1 Å². The Bertz CT molecular complexity index is 852. The van der Waals surface area contributed by atoms with E-state index >= 15 is 0 Å². The molecule has 0 bridgehead atoms. The second-order valence-electron chi connectivity index (χ2n) is 8.45. The first kappa shape index (κ1) is 23.5. The number of carbonyl (C=O) groups excluding carboxylic acids is 3. The van der Waals surface area contributed by atoms with Gasteiger partial charge in [0.15, 0.2) is 12.2 Å². The van der Waals surface area contributed by atoms with E-state index in [1.165, 1.54) is 12.1 Å². The van der Waals surface area contributed by atoms with E-state index in [2.05, 4.69) is 10.6 Å². The third-order valence-electron chi connectivity index (χ3n) is 5.96. The van der Waals surface area contributed by atoms with Crippen molar-refractivity contribution in [2.45, 2.75) is 69.2 Å². The smallest absolute Gasteiger partial charge is 0.336 e. The molecule has 0 aromatic heterocycles. The number of nitrogens with two attached hydrogens (primary N) is 1. The number of phenols is 1. The Labute approximate surface area is 185 Å². The van der Waals surface area contributed by atoms with E-state index in [0.29, 0.717) is 12.0 Å². The van der Waals surface area contributed by atoms with Gasteiger partial charge in [-0.25, -0.2) is 4.79 Å². The van der Waals surface area contributed by atoms with Crippen LogP contribution in [-0.4, -0.2) is 58.2 Å². The Morgan fingerprint density at radius 3 is 2.22 bits per heavy atom. The van der Waals surface area contributed by atoms with E-state index < -0.39 is 48.0 Å². The van der Waals surface area contributed by atoms with Gasteiger partial charge in [0.2, 0.25) is 11.8 Å². The number of hydrogen-bond donors (Lipinski definition) is 5. The largest absolute Gasteiger partial charge is 0.508 e. The molecule has 2 fully saturated rings. The highest BCUT2D eigenvalue weighted by Gasteiger charge is 2.51. The first-order valence-corrected chi connectivity index (χ1v) is 10.8. The number of aromatic hydroxyl groups is 1. The van der Waals surface area contributed by atoms with Gasteiger partial charge in [-0.1, -0.05) is 44.2 Å². The first-order valence-electron chi connectivity index (χ1n) is 10.8. The number of epoxide rings is 1. The molecule has 0 spiro atoms. The van der Waals surface area contributed by atoms with Gasteiger partial charge in [-0.3, -0.25) is 14.4 Å². The number of carbonyl (C=O) groups is 4. The molecule has 1 saturated carbocycles. The standard InChI is InChI=1S/C22H29N3O7/c23-19(27)15(10-13-6-8-14(26)9-7-13)24-20(28)16(11-12-4-2-1-3-5-12)25-21(29)17-18(32-17)22(30)31/h6-9,12,15-18,26H,1-5,10-11H2,(H2,23,27)(H,24,28)(H,25,29)(H,30,31)/t15-,16-,17?,18?/m0/s1. The molecule has 1 aliphatic carbocycles. The Hall–Kier alpha value is -3.14. The van der Waals surface area contributed by atoms with Crippen molar-refractivity contribution in [1.82, 2.24) is 10.6 Å². The van der Waals surface area contributed by atoms with E-state index in [1.54, 1.807) is 12.1 Å². The number of carboxylic acids is 1. The lowest BCUT2D eigenvalue weighted by atomic mass is 9.84. The number of aliphatic carboxylic acids is 1. The molecule has 1 heterocycles. The summed E-state index contributed by atoms with van der Waals surface area (Å²) in [5.41, 5.74) is 6.17. The minimum Gasteiger partial charge on any atom is -0.508 e. The molecule has 32 heavy (non-hydrogen) atoms. The Morgan fingerprint density at radius 1 is 1.00 bits per heavy atom. The molecular weight excluding hydrogens is 418 g/mol. The summed E-state index contributed by atoms with van der Waals surface area (Å²) in [7, 11) is 0. The summed E-state index contributed by atoms with van der Waals surface area (Å²) in [6, 6.07) is 4.23. The zero-order valence-electron chi connectivity index (χ0n) is 17.7. The Kier molecular flexibility index (Phi) is 7.68. The number of ether oxygens (including phenoxy) is 1. The summed E-state index contributed by atoms with van der Waals surface area (Å²) in [4.78, 5) is 48.4. The quantitative estimate of drug-likeness (QED) is 0.319. The van der Waals surface area contributed by atoms with Crippen molar-refractivity contribution in [3.63, 3.8) is 0 Å². The van der Waals surface area contributed by atoms with Gasteiger partial charge in [0.1, 0.15) is 17.8 Å². The number of primary amides is 1. The normalized spacial score (nSPS) is 22.4. The first-order chi connectivity index (χ1) is 15.2. The van der Waals surface area contributed by atoms with E-state index in [1.807, 2.05) is 0 Å². The molecule has 10 nitrogen and oxygen atoms in total. The maximum Gasteiger partial charge on any atom is 0.336 e. The van der Waals surface area contributed by atoms with Crippen LogP contribution in [0.4, 0.5) is 0 Å². The van der Waals surface area contributed by atoms with Crippen LogP contribution in [0, 0.1) is 5.92 Å². The molecule has 1 aliphatic heterocycles. The van der Waals surface area contributed by atoms with Crippen LogP contribution < -0.4 is 16.4 Å². The number of amides is 3. The lowest BCUT2D eigenvalue weighted by Crippen LogP contribution is -2.54. The van der Waals surface area contributed by atoms with Gasteiger partial charge in [-0.2, -0.15) is 0 Å². The fourth-order valence-electron chi connectivity index (χ4n) is 4.10. The van der Waals surface area contributed by atoms with Gasteiger partial charge in [-0.05, 0) is 30.0 Å². The third-order valence-corrected chi connectivity index (χ3v) is 5.96. The number of phenolic OH excluding ortho intramolecular Hbond substituents is 1. The molecular formula is C22H29N3O7. The highest BCUT2D eigenvalue weighted by atomic mass is 16.6. The van der Waals surface area contributed by atoms with Crippen LogP contribution >= 0.6 is 0 Å². The molecule has 0 radical (unpaired) electrons. The van der Waals surface area contributed by atoms with Gasteiger partial charge in [-0.15, -0.1) is 0 Å². The minimum atomic E-state index is -1.24. The zero-order chi connectivity index (χ0) is 23.3. The molecule has 10 heteroatoms. The average Bonchev–Trinajstić information content (AvgIpc) is 3.56. The van der Waals surface area contributed by atoms with Crippen LogP contribution in [0.2, 0.25) is 0 Å². The zero-order valence-corrected chi connectivity index (χ0v) is 17.7. The van der Waals surface area contributed by atoms with E-state index in [-0.39, 0.29) is 18.1 Å². The number of nitrogens with one attached hydrogen (secondary N) is 2. The molecule has 2 aliphatic rings. The fraction of sp³-hybridized carbons (Fsp3) is 0.545. The van der Waals surface area contributed by atoms with E-state index in [0.717, 1.165) is 32.1 Å². The maximum absolute atomic E-state index is 13.0. The number of rotatable bonds is 10. The highest BCUT2D eigenvalue weighted by molar-refractivity contribution is 5.96. The van der Waals surface area contributed by atoms with Crippen molar-refractivity contribution in [2.24, 2.45) is 11.7 Å². The van der Waals surface area contributed by atoms with Crippen molar-refractivity contribution >= 4 is 23.7 Å². The van der Waals surface area contributed by atoms with Gasteiger partial charge in [0.25, 0.3) is 5.91 Å². The van der Waals surface area contributed by atoms with Crippen LogP contribution in [0.15, 0.2) is 24.3 Å². The Morgan fingerprint density at radius 2 is 1.66 bits per heavy atom. The summed E-state index contributed by atoms with van der Waals surface area (Å²) >= 11 is 0. The molecule has 1 aromatic rings. The third kappa shape index (κ3) is 6.43. The molecule has 3 amide bonds. The SMILES string of the molecule is NC(=O)[C@H](Cc1ccc(O)cc1)NC(=O)[C@H](CC1CCCCC1)NC(=O)C1OC1C(=O)O. The van der Waals surface area contributed by atoms with E-state index in [9.17, 15) is 24.3 Å². The van der Waals surface area contributed by atoms with Gasteiger partial charge in [0.05, 0.1) is 0 Å². The predicted octanol–water partition coefficient (Wildman–Crippen LogP) is 0.212. The lowest BCUT2D eigenvalue weighted by Gasteiger charge is -2.27. The van der Waals surface area contributed by atoms with Gasteiger partial charge in [0, 0.05) is 6.42 Å². The molecule has 174 valence electrons. The number of benzene rings is 1. The van der Waals surface area contributed by atoms with Crippen LogP contribution in [0.3, 0.4) is 0 Å². The second-order valence-corrected chi connectivity index (χ2v) is 8.45. The van der Waals surface area contributed by atoms with E-state index in [4.69, 9.17) is 15.6 Å². The van der Waals surface area contributed by atoms with Crippen LogP contribution in [0.1, 0.15) is 44.1 Å². The molecule has 3 rings (SSSR count). The number of hydrogen-bond acceptors (Lipinski definition) is 6. The topological polar surface area (TPSA) is 171 Å². The maximum atomic E-state index is 13.0. The van der Waals surface area contributed by atoms with Crippen molar-refractivity contribution in [2.75, 3.05) is 0 Å². The predicted molar refractivity (Wildman–Crippen MR) is 112 cm³/mol. The fourth-order valence-corrected chi connectivity index (χ4v) is 4.10. The van der Waals surface area contributed by atoms with Crippen LogP contribution in [-0.2, 0) is 30.3 Å². The van der Waals surface area contributed by atoms with Crippen molar-refractivity contribution in [1.29, 1.82) is 0 Å². The van der Waals surface area contributed by atoms with Crippen LogP contribution in [0.25, 0.3) is 0 Å². The molecule has 4 atom stereocenters. The molecule has 2 unspecified atom stereocenters. The molecule has 6 N–H and O–H groups in total. The summed E-state index contributed by atoms with van der Waals surface area (Å²) in [5.74, 6) is -2.88. The second kappa shape index (κ2) is 10.4. The average molecular weight is 447 g/mol. The summed E-state index contributed by atoms with van der Waals surface area (Å²) < 4.78 is 4.88. The van der Waals surface area contributed by atoms with Gasteiger partial charge >= 0.3 is 5.97 Å². The number of carboxylic acid groups (broad SMARTS) is 1. The van der Waals surface area contributed by atoms with Crippen LogP contribution in [0.5, 0.6) is 5.75 Å². The summed E-state index contributed by atoms with van der Waals surface area (Å²) in [6.07, 6.45) is 3.26. The molecule has 1 aromatic carbocycles. The van der Waals surface area contributed by atoms with Gasteiger partial charge < -0.3 is 31.3 Å².